The fourth-order valence-corrected chi connectivity index (χ4v) is 2.53. The number of hydrogen-bond acceptors (Lipinski definition) is 4. The number of amides is 1. The van der Waals surface area contributed by atoms with Gasteiger partial charge in [0.15, 0.2) is 5.78 Å². The highest BCUT2D eigenvalue weighted by Gasteiger charge is 2.13. The van der Waals surface area contributed by atoms with Crippen LogP contribution in [0.5, 0.6) is 0 Å². The van der Waals surface area contributed by atoms with Crippen molar-refractivity contribution < 1.29 is 9.59 Å². The van der Waals surface area contributed by atoms with Crippen LogP contribution in [0.3, 0.4) is 0 Å². The molecule has 0 fully saturated rings. The molecule has 126 valence electrons. The van der Waals surface area contributed by atoms with Crippen molar-refractivity contribution in [3.05, 3.63) is 65.7 Å². The Morgan fingerprint density at radius 3 is 2.38 bits per heavy atom. The summed E-state index contributed by atoms with van der Waals surface area (Å²) in [7, 11) is 0. The van der Waals surface area contributed by atoms with Crippen molar-refractivity contribution >= 4 is 17.4 Å². The number of benzene rings is 2. The molecule has 3 N–H and O–H groups in total. The molecule has 0 aliphatic heterocycles. The Morgan fingerprint density at radius 1 is 1.04 bits per heavy atom. The minimum absolute atomic E-state index is 0.0750. The number of nitrogens with zero attached hydrogens (tertiary/aromatic N) is 1. The van der Waals surface area contributed by atoms with Crippen molar-refractivity contribution in [1.29, 1.82) is 0 Å². The van der Waals surface area contributed by atoms with Gasteiger partial charge in [-0.15, -0.1) is 0 Å². The minimum Gasteiger partial charge on any atom is -0.329 e. The van der Waals surface area contributed by atoms with E-state index in [1.54, 1.807) is 24.3 Å². The van der Waals surface area contributed by atoms with Crippen LogP contribution in [0, 0.1) is 0 Å². The monoisotopic (exact) mass is 325 g/mol. The molecule has 0 aromatic heterocycles. The molecule has 0 aliphatic rings. The fraction of sp³-hybridized carbons (Fsp3) is 0.263. The van der Waals surface area contributed by atoms with Crippen LogP contribution in [-0.2, 0) is 11.3 Å². The molecule has 2 aromatic carbocycles. The lowest BCUT2D eigenvalue weighted by Gasteiger charge is -2.21. The second-order valence-corrected chi connectivity index (χ2v) is 5.63. The molecule has 0 saturated carbocycles. The normalized spacial score (nSPS) is 10.6. The molecule has 0 radical (unpaired) electrons. The lowest BCUT2D eigenvalue weighted by atomic mass is 10.1. The number of nitrogens with two attached hydrogens (primary N) is 1. The highest BCUT2D eigenvalue weighted by molar-refractivity contribution is 6.04. The number of Topliss-reactive ketones (excluding diaryl/α,β-unsaturated/α-hetero) is 1. The number of carbonyl (C=O) groups is 2. The van der Waals surface area contributed by atoms with E-state index in [9.17, 15) is 9.59 Å². The summed E-state index contributed by atoms with van der Waals surface area (Å²) in [4.78, 5) is 26.0. The molecule has 0 heterocycles. The zero-order valence-electron chi connectivity index (χ0n) is 13.9. The summed E-state index contributed by atoms with van der Waals surface area (Å²) in [6, 6.07) is 17.0. The van der Waals surface area contributed by atoms with Crippen molar-refractivity contribution in [3.8, 4) is 0 Å². The fourth-order valence-electron chi connectivity index (χ4n) is 2.53. The van der Waals surface area contributed by atoms with E-state index in [1.165, 1.54) is 6.92 Å². The highest BCUT2D eigenvalue weighted by Crippen LogP contribution is 2.15. The van der Waals surface area contributed by atoms with E-state index >= 15 is 0 Å². The number of rotatable bonds is 8. The zero-order valence-corrected chi connectivity index (χ0v) is 13.9. The largest absolute Gasteiger partial charge is 0.329 e. The molecular weight excluding hydrogens is 302 g/mol. The number of hydrogen-bond donors (Lipinski definition) is 2. The second kappa shape index (κ2) is 8.96. The summed E-state index contributed by atoms with van der Waals surface area (Å²) in [6.07, 6.45) is 0. The zero-order chi connectivity index (χ0) is 17.4. The number of carbonyl (C=O) groups excluding carboxylic acids is 2. The summed E-state index contributed by atoms with van der Waals surface area (Å²) in [5, 5.41) is 2.82. The quantitative estimate of drug-likeness (QED) is 0.730. The Hall–Kier alpha value is -2.50. The molecular formula is C19H23N3O2. The molecule has 5 nitrogen and oxygen atoms in total. The predicted octanol–water partition coefficient (Wildman–Crippen LogP) is 2.29. The van der Waals surface area contributed by atoms with Crippen molar-refractivity contribution in [2.75, 3.05) is 25.0 Å². The van der Waals surface area contributed by atoms with Gasteiger partial charge in [-0.3, -0.25) is 14.5 Å². The van der Waals surface area contributed by atoms with E-state index in [2.05, 4.69) is 5.32 Å². The van der Waals surface area contributed by atoms with Crippen LogP contribution >= 0.6 is 0 Å². The molecule has 0 atom stereocenters. The molecule has 1 amide bonds. The minimum atomic E-state index is -0.159. The van der Waals surface area contributed by atoms with Gasteiger partial charge in [-0.1, -0.05) is 42.5 Å². The van der Waals surface area contributed by atoms with Crippen LogP contribution in [0.15, 0.2) is 54.6 Å². The van der Waals surface area contributed by atoms with Gasteiger partial charge in [0.05, 0.1) is 12.2 Å². The number of anilines is 1. The van der Waals surface area contributed by atoms with Crippen LogP contribution in [-0.4, -0.2) is 36.2 Å². The summed E-state index contributed by atoms with van der Waals surface area (Å²) in [5.74, 6) is -0.234. The Bertz CT molecular complexity index is 686. The first kappa shape index (κ1) is 17.8. The van der Waals surface area contributed by atoms with Crippen LogP contribution in [0.25, 0.3) is 0 Å². The summed E-state index contributed by atoms with van der Waals surface area (Å²) in [6.45, 7) is 3.46. The third kappa shape index (κ3) is 5.30. The molecule has 0 saturated heterocycles. The van der Waals surface area contributed by atoms with Crippen molar-refractivity contribution in [2.24, 2.45) is 5.73 Å². The number of para-hydroxylation sites is 1. The van der Waals surface area contributed by atoms with Gasteiger partial charge >= 0.3 is 0 Å². The molecule has 2 aromatic rings. The van der Waals surface area contributed by atoms with Gasteiger partial charge in [-0.25, -0.2) is 0 Å². The van der Waals surface area contributed by atoms with E-state index < -0.39 is 0 Å². The Balaban J connectivity index is 2.02. The predicted molar refractivity (Wildman–Crippen MR) is 95.8 cm³/mol. The molecule has 24 heavy (non-hydrogen) atoms. The van der Waals surface area contributed by atoms with Crippen LogP contribution < -0.4 is 11.1 Å². The van der Waals surface area contributed by atoms with Gasteiger partial charge in [0.2, 0.25) is 5.91 Å². The Labute approximate surface area is 142 Å². The van der Waals surface area contributed by atoms with Gasteiger partial charge in [0.1, 0.15) is 0 Å². The topological polar surface area (TPSA) is 75.4 Å². The highest BCUT2D eigenvalue weighted by atomic mass is 16.2. The van der Waals surface area contributed by atoms with E-state index in [-0.39, 0.29) is 18.2 Å². The molecule has 5 heteroatoms. The first-order valence-corrected chi connectivity index (χ1v) is 7.96. The van der Waals surface area contributed by atoms with Crippen LogP contribution in [0.2, 0.25) is 0 Å². The molecule has 0 bridgehead atoms. The SMILES string of the molecule is CC(=O)c1ccccc1NC(=O)CN(CCN)Cc1ccccc1. The number of ketones is 1. The van der Waals surface area contributed by atoms with E-state index in [4.69, 9.17) is 5.73 Å². The Kier molecular flexibility index (Phi) is 6.66. The smallest absolute Gasteiger partial charge is 0.238 e. The van der Waals surface area contributed by atoms with Crippen molar-refractivity contribution in [2.45, 2.75) is 13.5 Å². The van der Waals surface area contributed by atoms with Crippen LogP contribution in [0.4, 0.5) is 5.69 Å². The summed E-state index contributed by atoms with van der Waals surface area (Å²) >= 11 is 0. The van der Waals surface area contributed by atoms with Gasteiger partial charge in [0, 0.05) is 25.2 Å². The van der Waals surface area contributed by atoms with Gasteiger partial charge in [-0.05, 0) is 24.6 Å². The third-order valence-corrected chi connectivity index (χ3v) is 3.64. The lowest BCUT2D eigenvalue weighted by Crippen LogP contribution is -2.36. The maximum atomic E-state index is 12.4. The first-order chi connectivity index (χ1) is 11.6. The summed E-state index contributed by atoms with van der Waals surface area (Å²) < 4.78 is 0. The first-order valence-electron chi connectivity index (χ1n) is 7.96. The van der Waals surface area contributed by atoms with Gasteiger partial charge < -0.3 is 11.1 Å². The van der Waals surface area contributed by atoms with Crippen LogP contribution in [0.1, 0.15) is 22.8 Å². The van der Waals surface area contributed by atoms with Gasteiger partial charge in [0.25, 0.3) is 0 Å². The molecule has 0 spiro atoms. The standard InChI is InChI=1S/C19H23N3O2/c1-15(23)17-9-5-6-10-18(17)21-19(24)14-22(12-11-20)13-16-7-3-2-4-8-16/h2-10H,11-14,20H2,1H3,(H,21,24). The van der Waals surface area contributed by atoms with Crippen molar-refractivity contribution in [1.82, 2.24) is 4.90 Å². The van der Waals surface area contributed by atoms with E-state index in [0.29, 0.717) is 30.9 Å². The summed E-state index contributed by atoms with van der Waals surface area (Å²) in [5.41, 5.74) is 7.84. The second-order valence-electron chi connectivity index (χ2n) is 5.63. The average Bonchev–Trinajstić information content (AvgIpc) is 2.56. The maximum absolute atomic E-state index is 12.4. The Morgan fingerprint density at radius 2 is 1.71 bits per heavy atom. The average molecular weight is 325 g/mol. The number of nitrogens with one attached hydrogen (secondary N) is 1. The third-order valence-electron chi connectivity index (χ3n) is 3.64. The lowest BCUT2D eigenvalue weighted by molar-refractivity contribution is -0.117. The molecule has 0 aliphatic carbocycles. The van der Waals surface area contributed by atoms with Gasteiger partial charge in [-0.2, -0.15) is 0 Å². The van der Waals surface area contributed by atoms with E-state index in [1.807, 2.05) is 35.2 Å². The van der Waals surface area contributed by atoms with E-state index in [0.717, 1.165) is 5.56 Å². The maximum Gasteiger partial charge on any atom is 0.238 e. The van der Waals surface area contributed by atoms with Crippen molar-refractivity contribution in [3.63, 3.8) is 0 Å². The molecule has 2 rings (SSSR count). The molecule has 0 unspecified atom stereocenters.